The number of hydrogen-bond acceptors (Lipinski definition) is 4. The van der Waals surface area contributed by atoms with Gasteiger partial charge in [0.15, 0.2) is 0 Å². The van der Waals surface area contributed by atoms with Crippen LogP contribution in [0.2, 0.25) is 0 Å². The molecule has 1 amide bonds. The fourth-order valence-electron chi connectivity index (χ4n) is 2.58. The highest BCUT2D eigenvalue weighted by molar-refractivity contribution is 8.16. The Labute approximate surface area is 126 Å². The van der Waals surface area contributed by atoms with Gasteiger partial charge in [-0.25, -0.2) is 0 Å². The van der Waals surface area contributed by atoms with Gasteiger partial charge >= 0.3 is 0 Å². The monoisotopic (exact) mass is 295 g/mol. The van der Waals surface area contributed by atoms with E-state index in [0.717, 1.165) is 21.9 Å². The molecule has 2 aromatic rings. The van der Waals surface area contributed by atoms with E-state index >= 15 is 0 Å². The van der Waals surface area contributed by atoms with Crippen molar-refractivity contribution in [2.24, 2.45) is 5.10 Å². The highest BCUT2D eigenvalue weighted by atomic mass is 32.2. The molecule has 4 rings (SSSR count). The fraction of sp³-hybridized carbons (Fsp3) is 0.125. The molecule has 0 saturated heterocycles. The SMILES string of the molecule is Cc1ccc(C2=NN[C@@]3(S2)C(=O)Nc2ccccc23)cc1. The Morgan fingerprint density at radius 1 is 1.10 bits per heavy atom. The Hall–Kier alpha value is -2.27. The summed E-state index contributed by atoms with van der Waals surface area (Å²) in [4.78, 5) is 11.6. The van der Waals surface area contributed by atoms with E-state index in [-0.39, 0.29) is 5.91 Å². The first-order chi connectivity index (χ1) is 10.2. The van der Waals surface area contributed by atoms with E-state index in [4.69, 9.17) is 0 Å². The van der Waals surface area contributed by atoms with Crippen molar-refractivity contribution >= 4 is 28.4 Å². The van der Waals surface area contributed by atoms with Crippen molar-refractivity contribution in [2.45, 2.75) is 11.8 Å². The zero-order valence-electron chi connectivity index (χ0n) is 11.4. The predicted molar refractivity (Wildman–Crippen MR) is 85.2 cm³/mol. The molecule has 2 aliphatic rings. The highest BCUT2D eigenvalue weighted by Crippen LogP contribution is 2.47. The zero-order chi connectivity index (χ0) is 14.4. The van der Waals surface area contributed by atoms with Gasteiger partial charge in [-0.1, -0.05) is 59.8 Å². The minimum Gasteiger partial charge on any atom is -0.323 e. The van der Waals surface area contributed by atoms with Crippen molar-refractivity contribution in [2.75, 3.05) is 5.32 Å². The number of carbonyl (C=O) groups is 1. The van der Waals surface area contributed by atoms with E-state index in [2.05, 4.69) is 15.8 Å². The van der Waals surface area contributed by atoms with Crippen molar-refractivity contribution in [3.05, 3.63) is 65.2 Å². The minimum absolute atomic E-state index is 0.0699. The summed E-state index contributed by atoms with van der Waals surface area (Å²) in [5, 5.41) is 8.14. The highest BCUT2D eigenvalue weighted by Gasteiger charge is 2.51. The molecule has 1 atom stereocenters. The number of para-hydroxylation sites is 1. The molecule has 104 valence electrons. The fourth-order valence-corrected chi connectivity index (χ4v) is 3.74. The molecule has 0 radical (unpaired) electrons. The molecule has 0 bridgehead atoms. The summed E-state index contributed by atoms with van der Waals surface area (Å²) >= 11 is 1.46. The number of carbonyl (C=O) groups excluding carboxylic acids is 1. The Morgan fingerprint density at radius 3 is 2.67 bits per heavy atom. The minimum atomic E-state index is -0.836. The van der Waals surface area contributed by atoms with E-state index in [9.17, 15) is 4.79 Å². The lowest BCUT2D eigenvalue weighted by Gasteiger charge is -2.19. The van der Waals surface area contributed by atoms with E-state index in [1.165, 1.54) is 17.3 Å². The van der Waals surface area contributed by atoms with Crippen LogP contribution in [0.1, 0.15) is 16.7 Å². The summed E-state index contributed by atoms with van der Waals surface area (Å²) in [6.07, 6.45) is 0. The Kier molecular flexibility index (Phi) is 2.59. The third kappa shape index (κ3) is 1.77. The maximum absolute atomic E-state index is 12.4. The van der Waals surface area contributed by atoms with Crippen molar-refractivity contribution in [1.82, 2.24) is 5.43 Å². The van der Waals surface area contributed by atoms with Crippen molar-refractivity contribution < 1.29 is 4.79 Å². The normalized spacial score (nSPS) is 22.7. The van der Waals surface area contributed by atoms with Crippen LogP contribution in [-0.2, 0) is 9.67 Å². The number of nitrogens with zero attached hydrogens (tertiary/aromatic N) is 1. The lowest BCUT2D eigenvalue weighted by atomic mass is 10.1. The molecule has 0 aromatic heterocycles. The summed E-state index contributed by atoms with van der Waals surface area (Å²) in [7, 11) is 0. The van der Waals surface area contributed by atoms with Crippen LogP contribution in [0, 0.1) is 6.92 Å². The van der Waals surface area contributed by atoms with E-state index < -0.39 is 4.87 Å². The molecule has 0 fully saturated rings. The van der Waals surface area contributed by atoms with Gasteiger partial charge in [-0.15, -0.1) is 0 Å². The van der Waals surface area contributed by atoms with Crippen LogP contribution < -0.4 is 10.7 Å². The topological polar surface area (TPSA) is 53.5 Å². The Morgan fingerprint density at radius 2 is 1.86 bits per heavy atom. The molecule has 2 N–H and O–H groups in total. The van der Waals surface area contributed by atoms with Crippen LogP contribution in [0.4, 0.5) is 5.69 Å². The summed E-state index contributed by atoms with van der Waals surface area (Å²) in [6, 6.07) is 15.9. The number of thioether (sulfide) groups is 1. The van der Waals surface area contributed by atoms with Crippen LogP contribution in [0.5, 0.6) is 0 Å². The maximum Gasteiger partial charge on any atom is 0.267 e. The van der Waals surface area contributed by atoms with Gasteiger partial charge in [0.05, 0.1) is 0 Å². The van der Waals surface area contributed by atoms with Crippen molar-refractivity contribution in [3.63, 3.8) is 0 Å². The van der Waals surface area contributed by atoms with Gasteiger partial charge in [0, 0.05) is 16.8 Å². The second kappa shape index (κ2) is 4.36. The number of benzene rings is 2. The molecular weight excluding hydrogens is 282 g/mol. The van der Waals surface area contributed by atoms with Crippen LogP contribution >= 0.6 is 11.8 Å². The number of rotatable bonds is 1. The molecule has 5 heteroatoms. The number of hydrazone groups is 1. The third-order valence-electron chi connectivity index (χ3n) is 3.74. The van der Waals surface area contributed by atoms with Gasteiger partial charge in [0.25, 0.3) is 5.91 Å². The standard InChI is InChI=1S/C16H13N3OS/c1-10-6-8-11(9-7-10)14-18-19-16(21-14)12-4-2-3-5-13(12)17-15(16)20/h2-9,19H,1H3,(H,17,20)/t16-/m0/s1. The predicted octanol–water partition coefficient (Wildman–Crippen LogP) is 2.80. The number of aryl methyl sites for hydroxylation is 1. The third-order valence-corrected chi connectivity index (χ3v) is 5.06. The van der Waals surface area contributed by atoms with Crippen LogP contribution in [0.25, 0.3) is 0 Å². The number of nitrogens with one attached hydrogen (secondary N) is 2. The Bertz CT molecular complexity index is 769. The summed E-state index contributed by atoms with van der Waals surface area (Å²) in [5.41, 5.74) is 7.05. The van der Waals surface area contributed by atoms with E-state index in [1.54, 1.807) is 0 Å². The van der Waals surface area contributed by atoms with Gasteiger partial charge in [0.1, 0.15) is 5.04 Å². The number of fused-ring (bicyclic) bond motifs is 2. The molecule has 0 unspecified atom stereocenters. The first-order valence-corrected chi connectivity index (χ1v) is 7.52. The average Bonchev–Trinajstić information content (AvgIpc) is 3.05. The number of hydrogen-bond donors (Lipinski definition) is 2. The van der Waals surface area contributed by atoms with Gasteiger partial charge in [-0.2, -0.15) is 5.10 Å². The second-order valence-electron chi connectivity index (χ2n) is 5.18. The second-order valence-corrected chi connectivity index (χ2v) is 6.38. The zero-order valence-corrected chi connectivity index (χ0v) is 12.2. The maximum atomic E-state index is 12.4. The van der Waals surface area contributed by atoms with Gasteiger partial charge in [0.2, 0.25) is 4.87 Å². The Balaban J connectivity index is 1.72. The van der Waals surface area contributed by atoms with Crippen LogP contribution in [-0.4, -0.2) is 11.0 Å². The van der Waals surface area contributed by atoms with Gasteiger partial charge in [-0.3, -0.25) is 10.2 Å². The van der Waals surface area contributed by atoms with Crippen molar-refractivity contribution in [3.8, 4) is 0 Å². The molecule has 2 heterocycles. The molecule has 0 saturated carbocycles. The summed E-state index contributed by atoms with van der Waals surface area (Å²) in [5.74, 6) is -0.0699. The average molecular weight is 295 g/mol. The molecule has 2 aromatic carbocycles. The smallest absolute Gasteiger partial charge is 0.267 e. The molecule has 4 nitrogen and oxygen atoms in total. The van der Waals surface area contributed by atoms with E-state index in [0.29, 0.717) is 0 Å². The van der Waals surface area contributed by atoms with E-state index in [1.807, 2.05) is 55.5 Å². The molecular formula is C16H13N3OS. The quantitative estimate of drug-likeness (QED) is 0.850. The summed E-state index contributed by atoms with van der Waals surface area (Å²) < 4.78 is 0. The molecule has 0 aliphatic carbocycles. The number of anilines is 1. The molecule has 1 spiro atoms. The van der Waals surface area contributed by atoms with Gasteiger partial charge < -0.3 is 5.32 Å². The molecule has 2 aliphatic heterocycles. The lowest BCUT2D eigenvalue weighted by Crippen LogP contribution is -2.39. The van der Waals surface area contributed by atoms with Crippen LogP contribution in [0.15, 0.2) is 53.6 Å². The molecule has 21 heavy (non-hydrogen) atoms. The first kappa shape index (κ1) is 12.5. The largest absolute Gasteiger partial charge is 0.323 e. The summed E-state index contributed by atoms with van der Waals surface area (Å²) in [6.45, 7) is 2.05. The number of amides is 1. The first-order valence-electron chi connectivity index (χ1n) is 6.71. The van der Waals surface area contributed by atoms with Gasteiger partial charge in [-0.05, 0) is 13.0 Å². The van der Waals surface area contributed by atoms with Crippen LogP contribution in [0.3, 0.4) is 0 Å². The lowest BCUT2D eigenvalue weighted by molar-refractivity contribution is -0.118. The van der Waals surface area contributed by atoms with Crippen molar-refractivity contribution in [1.29, 1.82) is 0 Å².